The second-order valence-corrected chi connectivity index (χ2v) is 11.4. The fourth-order valence-electron chi connectivity index (χ4n) is 4.76. The van der Waals surface area contributed by atoms with Crippen molar-refractivity contribution in [3.8, 4) is 11.1 Å². The van der Waals surface area contributed by atoms with Gasteiger partial charge in [0.25, 0.3) is 0 Å². The maximum atomic E-state index is 13.4. The van der Waals surface area contributed by atoms with Crippen LogP contribution in [0.5, 0.6) is 0 Å². The highest BCUT2D eigenvalue weighted by atomic mass is 32.2. The molecular weight excluding hydrogens is 558 g/mol. The molecule has 11 nitrogen and oxygen atoms in total. The van der Waals surface area contributed by atoms with E-state index >= 15 is 0 Å². The van der Waals surface area contributed by atoms with Crippen molar-refractivity contribution < 1.29 is 29.0 Å². The Kier molecular flexibility index (Phi) is 10.6. The van der Waals surface area contributed by atoms with E-state index in [-0.39, 0.29) is 42.3 Å². The summed E-state index contributed by atoms with van der Waals surface area (Å²) in [5, 5.41) is 17.2. The number of carboxylic acids is 1. The number of amides is 3. The number of nitrogens with zero attached hydrogens (tertiary/aromatic N) is 1. The molecule has 0 saturated carbocycles. The minimum atomic E-state index is -1.15. The van der Waals surface area contributed by atoms with Gasteiger partial charge in [0.05, 0.1) is 12.1 Å². The molecule has 5 N–H and O–H groups in total. The molecule has 0 bridgehead atoms. The van der Waals surface area contributed by atoms with Crippen LogP contribution in [0.15, 0.2) is 61.1 Å². The first kappa shape index (κ1) is 30.6. The number of fused-ring (bicyclic) bond motifs is 3. The van der Waals surface area contributed by atoms with Crippen LogP contribution in [-0.2, 0) is 25.5 Å². The van der Waals surface area contributed by atoms with Crippen molar-refractivity contribution in [3.63, 3.8) is 0 Å². The van der Waals surface area contributed by atoms with Crippen LogP contribution >= 0.6 is 11.8 Å². The van der Waals surface area contributed by atoms with E-state index in [9.17, 15) is 19.2 Å². The zero-order valence-corrected chi connectivity index (χ0v) is 24.3. The van der Waals surface area contributed by atoms with Gasteiger partial charge in [0.1, 0.15) is 18.7 Å². The summed E-state index contributed by atoms with van der Waals surface area (Å²) in [6.07, 6.45) is 2.37. The van der Waals surface area contributed by atoms with Gasteiger partial charge in [-0.1, -0.05) is 62.4 Å². The minimum Gasteiger partial charge on any atom is -0.481 e. The minimum absolute atomic E-state index is 0.0350. The molecule has 0 unspecified atom stereocenters. The van der Waals surface area contributed by atoms with Gasteiger partial charge in [0.2, 0.25) is 11.8 Å². The number of hydrogen-bond acceptors (Lipinski definition) is 7. The van der Waals surface area contributed by atoms with E-state index in [1.165, 1.54) is 6.33 Å². The van der Waals surface area contributed by atoms with Gasteiger partial charge >= 0.3 is 12.1 Å². The Labute approximate surface area is 248 Å². The molecule has 4 rings (SSSR count). The number of ether oxygens (including phenoxy) is 1. The lowest BCUT2D eigenvalue weighted by Crippen LogP contribution is -2.55. The maximum Gasteiger partial charge on any atom is 0.407 e. The first-order valence-corrected chi connectivity index (χ1v) is 14.8. The Balaban J connectivity index is 1.43. The Hall–Kier alpha value is -4.32. The van der Waals surface area contributed by atoms with Crippen molar-refractivity contribution >= 4 is 35.6 Å². The number of H-pyrrole nitrogens is 1. The van der Waals surface area contributed by atoms with E-state index in [1.807, 2.05) is 62.4 Å². The molecule has 1 aliphatic carbocycles. The van der Waals surface area contributed by atoms with Crippen molar-refractivity contribution in [2.45, 2.75) is 38.3 Å². The second kappa shape index (κ2) is 14.5. The Morgan fingerprint density at radius 1 is 0.976 bits per heavy atom. The Bertz CT molecular complexity index is 1350. The number of imidazole rings is 1. The normalized spacial score (nSPS) is 13.5. The third-order valence-corrected chi connectivity index (χ3v) is 7.78. The number of aromatic amines is 1. The molecule has 0 aliphatic heterocycles. The molecule has 222 valence electrons. The molecule has 0 radical (unpaired) electrons. The van der Waals surface area contributed by atoms with Crippen molar-refractivity contribution in [1.82, 2.24) is 25.9 Å². The smallest absolute Gasteiger partial charge is 0.407 e. The van der Waals surface area contributed by atoms with E-state index in [0.29, 0.717) is 12.2 Å². The van der Waals surface area contributed by atoms with Crippen LogP contribution in [0.25, 0.3) is 11.1 Å². The van der Waals surface area contributed by atoms with Crippen LogP contribution in [0.2, 0.25) is 0 Å². The van der Waals surface area contributed by atoms with Crippen molar-refractivity contribution in [2.75, 3.05) is 24.7 Å². The number of nitrogens with one attached hydrogen (secondary N) is 4. The summed E-state index contributed by atoms with van der Waals surface area (Å²) < 4.78 is 5.60. The van der Waals surface area contributed by atoms with Gasteiger partial charge in [-0.05, 0) is 28.2 Å². The van der Waals surface area contributed by atoms with E-state index in [4.69, 9.17) is 9.84 Å². The second-order valence-electron chi connectivity index (χ2n) is 10.4. The number of thioether (sulfide) groups is 1. The average molecular weight is 594 g/mol. The third-order valence-electron chi connectivity index (χ3n) is 6.76. The van der Waals surface area contributed by atoms with Crippen LogP contribution < -0.4 is 16.0 Å². The summed E-state index contributed by atoms with van der Waals surface area (Å²) in [6, 6.07) is 13.8. The van der Waals surface area contributed by atoms with Crippen LogP contribution in [0.3, 0.4) is 0 Å². The number of hydrogen-bond donors (Lipinski definition) is 5. The van der Waals surface area contributed by atoms with E-state index in [0.717, 1.165) is 34.0 Å². The lowest BCUT2D eigenvalue weighted by Gasteiger charge is -2.23. The molecule has 1 aromatic heterocycles. The highest BCUT2D eigenvalue weighted by Crippen LogP contribution is 2.44. The molecular formula is C30H35N5O6S. The van der Waals surface area contributed by atoms with Crippen LogP contribution in [0.1, 0.15) is 36.6 Å². The first-order valence-electron chi connectivity index (χ1n) is 13.7. The van der Waals surface area contributed by atoms with Crippen molar-refractivity contribution in [1.29, 1.82) is 0 Å². The highest BCUT2D eigenvalue weighted by molar-refractivity contribution is 8.00. The SMILES string of the molecule is CC(C)CNC(=O)[C@@H](Cc1cnc[nH]1)NC(=O)[C@@H](CSCC(=O)O)NC(=O)OCC1c2ccccc2-c2ccccc21. The molecule has 42 heavy (non-hydrogen) atoms. The summed E-state index contributed by atoms with van der Waals surface area (Å²) in [5.41, 5.74) is 4.91. The molecule has 0 saturated heterocycles. The average Bonchev–Trinajstić information content (AvgIpc) is 3.59. The number of carbonyl (C=O) groups is 4. The number of aromatic nitrogens is 2. The standard InChI is InChI=1S/C30H35N5O6S/c1-18(2)12-32-28(38)25(11-19-13-31-17-33-19)34-29(39)26(15-42-16-27(36)37)35-30(40)41-14-24-22-9-5-3-7-20(22)21-8-4-6-10-23(21)24/h3-10,13,17-18,24-26H,11-12,14-16H2,1-2H3,(H,31,33)(H,32,38)(H,34,39)(H,35,40)(H,36,37)/t25-,26-/m1/s1. The van der Waals surface area contributed by atoms with Gasteiger partial charge in [-0.15, -0.1) is 11.8 Å². The van der Waals surface area contributed by atoms with Crippen molar-refractivity contribution in [2.24, 2.45) is 5.92 Å². The number of rotatable bonds is 14. The van der Waals surface area contributed by atoms with Crippen LogP contribution in [0.4, 0.5) is 4.79 Å². The van der Waals surface area contributed by atoms with Crippen LogP contribution in [0, 0.1) is 5.92 Å². The summed E-state index contributed by atoms with van der Waals surface area (Å²) >= 11 is 0.972. The number of alkyl carbamates (subject to hydrolysis) is 1. The zero-order valence-electron chi connectivity index (χ0n) is 23.5. The molecule has 3 aromatic rings. The van der Waals surface area contributed by atoms with E-state index in [2.05, 4.69) is 25.9 Å². The monoisotopic (exact) mass is 593 g/mol. The molecule has 2 atom stereocenters. The first-order chi connectivity index (χ1) is 20.2. The fraction of sp³-hybridized carbons (Fsp3) is 0.367. The quantitative estimate of drug-likeness (QED) is 0.191. The fourth-order valence-corrected chi connectivity index (χ4v) is 5.52. The predicted octanol–water partition coefficient (Wildman–Crippen LogP) is 2.93. The number of benzene rings is 2. The Morgan fingerprint density at radius 3 is 2.24 bits per heavy atom. The number of carbonyl (C=O) groups excluding carboxylic acids is 3. The Morgan fingerprint density at radius 2 is 1.64 bits per heavy atom. The van der Waals surface area contributed by atoms with Crippen LogP contribution in [-0.4, -0.2) is 75.7 Å². The van der Waals surface area contributed by atoms with Gasteiger partial charge in [0.15, 0.2) is 0 Å². The maximum absolute atomic E-state index is 13.4. The van der Waals surface area contributed by atoms with Gasteiger partial charge in [-0.2, -0.15) is 0 Å². The molecule has 3 amide bonds. The van der Waals surface area contributed by atoms with Gasteiger partial charge < -0.3 is 30.8 Å². The molecule has 1 aliphatic rings. The molecule has 0 fully saturated rings. The topological polar surface area (TPSA) is 163 Å². The van der Waals surface area contributed by atoms with E-state index < -0.39 is 30.1 Å². The van der Waals surface area contributed by atoms with Gasteiger partial charge in [0, 0.05) is 36.5 Å². The van der Waals surface area contributed by atoms with Gasteiger partial charge in [-0.3, -0.25) is 14.4 Å². The number of carboxylic acid groups (broad SMARTS) is 1. The molecule has 1 heterocycles. The summed E-state index contributed by atoms with van der Waals surface area (Å²) in [6.45, 7) is 4.38. The van der Waals surface area contributed by atoms with Gasteiger partial charge in [-0.25, -0.2) is 9.78 Å². The number of aliphatic carboxylic acids is 1. The lowest BCUT2D eigenvalue weighted by atomic mass is 9.98. The zero-order chi connectivity index (χ0) is 30.1. The molecule has 0 spiro atoms. The third kappa shape index (κ3) is 8.12. The lowest BCUT2D eigenvalue weighted by molar-refractivity contribution is -0.134. The summed E-state index contributed by atoms with van der Waals surface area (Å²) in [7, 11) is 0. The van der Waals surface area contributed by atoms with E-state index in [1.54, 1.807) is 6.20 Å². The predicted molar refractivity (Wildman–Crippen MR) is 159 cm³/mol. The molecule has 12 heteroatoms. The summed E-state index contributed by atoms with van der Waals surface area (Å²) in [4.78, 5) is 57.3. The largest absolute Gasteiger partial charge is 0.481 e. The molecule has 2 aromatic carbocycles. The van der Waals surface area contributed by atoms with Crippen molar-refractivity contribution in [3.05, 3.63) is 77.9 Å². The highest BCUT2D eigenvalue weighted by Gasteiger charge is 2.31. The summed E-state index contributed by atoms with van der Waals surface area (Å²) in [5.74, 6) is -2.33.